The predicted octanol–water partition coefficient (Wildman–Crippen LogP) is 1.02. The van der Waals surface area contributed by atoms with Gasteiger partial charge in [-0.3, -0.25) is 4.79 Å². The van der Waals surface area contributed by atoms with Gasteiger partial charge in [-0.15, -0.1) is 0 Å². The molecule has 0 aliphatic heterocycles. The summed E-state index contributed by atoms with van der Waals surface area (Å²) < 4.78 is 0. The molecule has 0 radical (unpaired) electrons. The summed E-state index contributed by atoms with van der Waals surface area (Å²) >= 11 is 0. The van der Waals surface area contributed by atoms with Crippen LogP contribution in [0.2, 0.25) is 0 Å². The number of nitrogen functional groups attached to an aromatic ring is 1. The van der Waals surface area contributed by atoms with E-state index >= 15 is 0 Å². The monoisotopic (exact) mass is 227 g/mol. The number of hydrogen-bond acceptors (Lipinski definition) is 3. The number of nitrogens with zero attached hydrogens (tertiary/aromatic N) is 1. The van der Waals surface area contributed by atoms with Gasteiger partial charge in [-0.05, 0) is 18.2 Å². The lowest BCUT2D eigenvalue weighted by molar-refractivity contribution is -0.118. The molecule has 0 fully saturated rings. The van der Waals surface area contributed by atoms with Crippen molar-refractivity contribution in [2.45, 2.75) is 13.3 Å². The molecule has 86 valence electrons. The Kier molecular flexibility index (Phi) is 4.59. The summed E-state index contributed by atoms with van der Waals surface area (Å²) in [4.78, 5) is 10.6. The molecule has 0 atom stereocenters. The van der Waals surface area contributed by atoms with Crippen molar-refractivity contribution in [3.63, 3.8) is 0 Å². The van der Waals surface area contributed by atoms with E-state index in [-0.39, 0.29) is 5.91 Å². The summed E-state index contributed by atoms with van der Waals surface area (Å²) in [5.41, 5.74) is 7.32. The Balaban J connectivity index is 2.68. The third kappa shape index (κ3) is 4.27. The summed E-state index contributed by atoms with van der Waals surface area (Å²) in [6.45, 7) is 1.96. The highest BCUT2D eigenvalue weighted by atomic mass is 16.1. The number of anilines is 1. The van der Waals surface area contributed by atoms with E-state index in [1.54, 1.807) is 18.2 Å². The van der Waals surface area contributed by atoms with Gasteiger partial charge >= 0.3 is 0 Å². The highest BCUT2D eigenvalue weighted by Crippen LogP contribution is 2.11. The SMILES string of the molecule is CC(=O)NCCC#Cc1cc(N)ccc1C#N. The quantitative estimate of drug-likeness (QED) is 0.449. The number of carbonyl (C=O) groups excluding carboxylic acids is 1. The second kappa shape index (κ2) is 6.19. The Morgan fingerprint density at radius 2 is 2.24 bits per heavy atom. The highest BCUT2D eigenvalue weighted by Gasteiger charge is 1.98. The Bertz CT molecular complexity index is 518. The molecule has 1 rings (SSSR count). The Morgan fingerprint density at radius 3 is 2.88 bits per heavy atom. The molecule has 1 aromatic rings. The van der Waals surface area contributed by atoms with Gasteiger partial charge in [0.05, 0.1) is 5.56 Å². The van der Waals surface area contributed by atoms with Gasteiger partial charge in [-0.1, -0.05) is 11.8 Å². The molecule has 0 aliphatic rings. The molecular weight excluding hydrogens is 214 g/mol. The standard InChI is InChI=1S/C13H13N3O/c1-10(17)16-7-3-2-4-11-8-13(15)6-5-12(11)9-14/h5-6,8H,3,7,15H2,1H3,(H,16,17). The molecular formula is C13H13N3O. The minimum absolute atomic E-state index is 0.0755. The van der Waals surface area contributed by atoms with Crippen LogP contribution in [0.15, 0.2) is 18.2 Å². The van der Waals surface area contributed by atoms with E-state index in [0.717, 1.165) is 0 Å². The molecule has 0 saturated carbocycles. The van der Waals surface area contributed by atoms with Crippen molar-refractivity contribution in [1.29, 1.82) is 5.26 Å². The average Bonchev–Trinajstić information content (AvgIpc) is 2.28. The van der Waals surface area contributed by atoms with Gasteiger partial charge in [0.15, 0.2) is 0 Å². The van der Waals surface area contributed by atoms with Crippen LogP contribution < -0.4 is 11.1 Å². The number of benzene rings is 1. The summed E-state index contributed by atoms with van der Waals surface area (Å²) in [5.74, 6) is 5.69. The van der Waals surface area contributed by atoms with Gasteiger partial charge in [0.25, 0.3) is 0 Å². The summed E-state index contributed by atoms with van der Waals surface area (Å²) in [6.07, 6.45) is 0.541. The maximum Gasteiger partial charge on any atom is 0.216 e. The molecule has 4 heteroatoms. The van der Waals surface area contributed by atoms with Crippen molar-refractivity contribution >= 4 is 11.6 Å². The first kappa shape index (κ1) is 12.6. The van der Waals surface area contributed by atoms with Crippen LogP contribution in [-0.2, 0) is 4.79 Å². The van der Waals surface area contributed by atoms with Crippen molar-refractivity contribution in [1.82, 2.24) is 5.32 Å². The maximum absolute atomic E-state index is 10.6. The van der Waals surface area contributed by atoms with Crippen LogP contribution in [-0.4, -0.2) is 12.5 Å². The van der Waals surface area contributed by atoms with Crippen LogP contribution in [0.4, 0.5) is 5.69 Å². The normalized spacial score (nSPS) is 8.71. The molecule has 0 spiro atoms. The molecule has 0 heterocycles. The van der Waals surface area contributed by atoms with Crippen LogP contribution >= 0.6 is 0 Å². The van der Waals surface area contributed by atoms with E-state index in [9.17, 15) is 4.79 Å². The van der Waals surface area contributed by atoms with Crippen molar-refractivity contribution in [3.8, 4) is 17.9 Å². The number of rotatable bonds is 2. The fraction of sp³-hybridized carbons (Fsp3) is 0.231. The lowest BCUT2D eigenvalue weighted by Crippen LogP contribution is -2.20. The number of amides is 1. The first-order chi connectivity index (χ1) is 8.13. The number of hydrogen-bond donors (Lipinski definition) is 2. The molecule has 0 aromatic heterocycles. The molecule has 1 amide bonds. The van der Waals surface area contributed by atoms with Crippen LogP contribution in [0.3, 0.4) is 0 Å². The lowest BCUT2D eigenvalue weighted by atomic mass is 10.1. The zero-order valence-corrected chi connectivity index (χ0v) is 9.58. The Morgan fingerprint density at radius 1 is 1.47 bits per heavy atom. The van der Waals surface area contributed by atoms with E-state index in [2.05, 4.69) is 23.2 Å². The van der Waals surface area contributed by atoms with Crippen molar-refractivity contribution in [3.05, 3.63) is 29.3 Å². The highest BCUT2D eigenvalue weighted by molar-refractivity contribution is 5.72. The van der Waals surface area contributed by atoms with E-state index < -0.39 is 0 Å². The van der Waals surface area contributed by atoms with Crippen molar-refractivity contribution in [2.24, 2.45) is 0 Å². The van der Waals surface area contributed by atoms with E-state index in [1.165, 1.54) is 6.92 Å². The zero-order valence-electron chi connectivity index (χ0n) is 9.58. The third-order valence-electron chi connectivity index (χ3n) is 2.01. The zero-order chi connectivity index (χ0) is 12.7. The predicted molar refractivity (Wildman–Crippen MR) is 65.7 cm³/mol. The number of nitriles is 1. The molecule has 0 saturated heterocycles. The van der Waals surface area contributed by atoms with Crippen molar-refractivity contribution in [2.75, 3.05) is 12.3 Å². The largest absolute Gasteiger partial charge is 0.399 e. The first-order valence-electron chi connectivity index (χ1n) is 5.16. The second-order valence-corrected chi connectivity index (χ2v) is 3.45. The van der Waals surface area contributed by atoms with Crippen molar-refractivity contribution < 1.29 is 4.79 Å². The van der Waals surface area contributed by atoms with Crippen LogP contribution in [0.25, 0.3) is 0 Å². The molecule has 1 aromatic carbocycles. The summed E-state index contributed by atoms with van der Waals surface area (Å²) in [6, 6.07) is 7.04. The smallest absolute Gasteiger partial charge is 0.216 e. The Hall–Kier alpha value is -2.46. The minimum atomic E-state index is -0.0755. The third-order valence-corrected chi connectivity index (χ3v) is 2.01. The van der Waals surface area contributed by atoms with Gasteiger partial charge in [0.2, 0.25) is 5.91 Å². The average molecular weight is 227 g/mol. The van der Waals surface area contributed by atoms with Gasteiger partial charge in [-0.2, -0.15) is 5.26 Å². The summed E-state index contributed by atoms with van der Waals surface area (Å²) in [7, 11) is 0. The van der Waals surface area contributed by atoms with Gasteiger partial charge in [0, 0.05) is 31.1 Å². The fourth-order valence-electron chi connectivity index (χ4n) is 1.22. The minimum Gasteiger partial charge on any atom is -0.399 e. The fourth-order valence-corrected chi connectivity index (χ4v) is 1.22. The molecule has 4 nitrogen and oxygen atoms in total. The number of nitrogens with one attached hydrogen (secondary N) is 1. The topological polar surface area (TPSA) is 78.9 Å². The second-order valence-electron chi connectivity index (χ2n) is 3.45. The number of nitrogens with two attached hydrogens (primary N) is 1. The van der Waals surface area contributed by atoms with Gasteiger partial charge in [0.1, 0.15) is 6.07 Å². The van der Waals surface area contributed by atoms with Crippen LogP contribution in [0.1, 0.15) is 24.5 Å². The molecule has 0 aliphatic carbocycles. The maximum atomic E-state index is 10.6. The molecule has 17 heavy (non-hydrogen) atoms. The lowest BCUT2D eigenvalue weighted by Gasteiger charge is -1.97. The van der Waals surface area contributed by atoms with Gasteiger partial charge < -0.3 is 11.1 Å². The van der Waals surface area contributed by atoms with E-state index in [4.69, 9.17) is 11.0 Å². The Labute approximate surface area is 100 Å². The molecule has 0 bridgehead atoms. The molecule has 0 unspecified atom stereocenters. The molecule has 3 N–H and O–H groups in total. The first-order valence-corrected chi connectivity index (χ1v) is 5.16. The van der Waals surface area contributed by atoms with Crippen LogP contribution in [0, 0.1) is 23.2 Å². The number of carbonyl (C=O) groups is 1. The summed E-state index contributed by atoms with van der Waals surface area (Å²) in [5, 5.41) is 11.5. The van der Waals surface area contributed by atoms with E-state index in [0.29, 0.717) is 29.8 Å². The van der Waals surface area contributed by atoms with Crippen LogP contribution in [0.5, 0.6) is 0 Å². The van der Waals surface area contributed by atoms with Gasteiger partial charge in [-0.25, -0.2) is 0 Å². The van der Waals surface area contributed by atoms with E-state index in [1.807, 2.05) is 0 Å².